The van der Waals surface area contributed by atoms with E-state index in [1.165, 1.54) is 23.3 Å². The van der Waals surface area contributed by atoms with Crippen LogP contribution < -0.4 is 19.1 Å². The second kappa shape index (κ2) is 10.1. The topological polar surface area (TPSA) is 98.2 Å². The second-order valence-electron chi connectivity index (χ2n) is 9.58. The number of ketones is 1. The van der Waals surface area contributed by atoms with E-state index >= 15 is 0 Å². The standard InChI is InChI=1S/C30H25ClN2O6S/c1-4-38-22-10-5-16(13-23(22)37-3)26-25(27(34)17-6-9-21-18(12-17)11-15(2)39-21)28(35)29(36)33(26)30-32-20-8-7-19(31)14-24(20)40-30/h5-10,12-15,26,34H,4,11H2,1-3H3/b27-25+. The predicted octanol–water partition coefficient (Wildman–Crippen LogP) is 6.31. The number of ether oxygens (including phenoxy) is 3. The van der Waals surface area contributed by atoms with Gasteiger partial charge in [0, 0.05) is 17.0 Å². The van der Waals surface area contributed by atoms with Crippen LogP contribution in [0.5, 0.6) is 17.2 Å². The van der Waals surface area contributed by atoms with Gasteiger partial charge >= 0.3 is 5.91 Å². The first-order valence-electron chi connectivity index (χ1n) is 12.8. The van der Waals surface area contributed by atoms with E-state index in [9.17, 15) is 14.7 Å². The summed E-state index contributed by atoms with van der Waals surface area (Å²) in [6.07, 6.45) is 0.695. The first kappa shape index (κ1) is 26.2. The molecule has 3 aromatic carbocycles. The number of Topliss-reactive ketones (excluding diaryl/α,β-unsaturated/α-hetero) is 1. The molecule has 204 valence electrons. The minimum Gasteiger partial charge on any atom is -0.507 e. The van der Waals surface area contributed by atoms with Gasteiger partial charge in [0.15, 0.2) is 16.6 Å². The molecule has 4 aromatic rings. The number of thiazole rings is 1. The lowest BCUT2D eigenvalue weighted by atomic mass is 9.94. The van der Waals surface area contributed by atoms with E-state index in [0.717, 1.165) is 16.0 Å². The minimum absolute atomic E-state index is 0.0156. The normalized spacial score (nSPS) is 19.6. The monoisotopic (exact) mass is 576 g/mol. The van der Waals surface area contributed by atoms with Gasteiger partial charge in [0.2, 0.25) is 0 Å². The highest BCUT2D eigenvalue weighted by atomic mass is 35.5. The van der Waals surface area contributed by atoms with Gasteiger partial charge in [-0.1, -0.05) is 29.0 Å². The summed E-state index contributed by atoms with van der Waals surface area (Å²) < 4.78 is 17.8. The maximum absolute atomic E-state index is 13.6. The molecule has 1 aromatic heterocycles. The Bertz CT molecular complexity index is 1710. The number of hydrogen-bond acceptors (Lipinski definition) is 8. The van der Waals surface area contributed by atoms with Crippen molar-refractivity contribution >= 4 is 55.7 Å². The van der Waals surface area contributed by atoms with Gasteiger partial charge in [-0.05, 0) is 73.5 Å². The number of rotatable bonds is 6. The van der Waals surface area contributed by atoms with Crippen LogP contribution in [0.1, 0.15) is 36.6 Å². The fourth-order valence-electron chi connectivity index (χ4n) is 5.19. The molecule has 0 aliphatic carbocycles. The lowest BCUT2D eigenvalue weighted by Gasteiger charge is -2.24. The molecule has 2 atom stereocenters. The van der Waals surface area contributed by atoms with Gasteiger partial charge in [0.25, 0.3) is 5.78 Å². The highest BCUT2D eigenvalue weighted by molar-refractivity contribution is 7.22. The largest absolute Gasteiger partial charge is 0.507 e. The number of fused-ring (bicyclic) bond motifs is 2. The summed E-state index contributed by atoms with van der Waals surface area (Å²) in [4.78, 5) is 33.2. The molecular formula is C30H25ClN2O6S. The Balaban J connectivity index is 1.55. The first-order chi connectivity index (χ1) is 19.3. The van der Waals surface area contributed by atoms with Crippen LogP contribution in [-0.2, 0) is 16.0 Å². The fourth-order valence-corrected chi connectivity index (χ4v) is 6.46. The Hall–Kier alpha value is -4.08. The predicted molar refractivity (Wildman–Crippen MR) is 154 cm³/mol. The Kier molecular flexibility index (Phi) is 6.64. The van der Waals surface area contributed by atoms with Crippen molar-refractivity contribution in [2.75, 3.05) is 18.6 Å². The smallest absolute Gasteiger partial charge is 0.301 e. The van der Waals surface area contributed by atoms with Crippen LogP contribution >= 0.6 is 22.9 Å². The van der Waals surface area contributed by atoms with Crippen molar-refractivity contribution in [1.29, 1.82) is 0 Å². The SMILES string of the molecule is CCOc1ccc(C2/C(=C(\O)c3ccc4c(c3)CC(C)O4)C(=O)C(=O)N2c2nc3ccc(Cl)cc3s2)cc1OC. The molecule has 0 bridgehead atoms. The minimum atomic E-state index is -0.968. The quantitative estimate of drug-likeness (QED) is 0.163. The average molecular weight is 577 g/mol. The molecule has 2 aliphatic rings. The number of methoxy groups -OCH3 is 1. The Morgan fingerprint density at radius 3 is 2.75 bits per heavy atom. The number of hydrogen-bond donors (Lipinski definition) is 1. The van der Waals surface area contributed by atoms with E-state index in [-0.39, 0.29) is 17.4 Å². The lowest BCUT2D eigenvalue weighted by Crippen LogP contribution is -2.29. The third kappa shape index (κ3) is 4.35. The molecule has 6 rings (SSSR count). The van der Waals surface area contributed by atoms with Gasteiger partial charge in [-0.2, -0.15) is 0 Å². The van der Waals surface area contributed by atoms with E-state index in [1.54, 1.807) is 54.6 Å². The Labute approximate surface area is 239 Å². The number of anilines is 1. The number of nitrogens with zero attached hydrogens (tertiary/aromatic N) is 2. The number of carbonyl (C=O) groups excluding carboxylic acids is 2. The highest BCUT2D eigenvalue weighted by Crippen LogP contribution is 2.46. The maximum atomic E-state index is 13.6. The van der Waals surface area contributed by atoms with Crippen molar-refractivity contribution < 1.29 is 28.9 Å². The van der Waals surface area contributed by atoms with Crippen LogP contribution in [0.2, 0.25) is 5.02 Å². The maximum Gasteiger partial charge on any atom is 0.301 e. The number of aliphatic hydroxyl groups excluding tert-OH is 1. The number of benzene rings is 3. The van der Waals surface area contributed by atoms with Gasteiger partial charge in [0.1, 0.15) is 17.6 Å². The van der Waals surface area contributed by atoms with Crippen molar-refractivity contribution in [2.24, 2.45) is 0 Å². The summed E-state index contributed by atoms with van der Waals surface area (Å²) in [7, 11) is 1.52. The number of aromatic nitrogens is 1. The van der Waals surface area contributed by atoms with E-state index < -0.39 is 17.7 Å². The lowest BCUT2D eigenvalue weighted by molar-refractivity contribution is -0.132. The van der Waals surface area contributed by atoms with Crippen LogP contribution in [-0.4, -0.2) is 41.6 Å². The summed E-state index contributed by atoms with van der Waals surface area (Å²) in [6.45, 7) is 4.27. The van der Waals surface area contributed by atoms with E-state index in [1.807, 2.05) is 13.8 Å². The van der Waals surface area contributed by atoms with Crippen molar-refractivity contribution in [3.63, 3.8) is 0 Å². The Morgan fingerprint density at radius 2 is 1.98 bits per heavy atom. The molecule has 0 radical (unpaired) electrons. The van der Waals surface area contributed by atoms with Gasteiger partial charge in [-0.3, -0.25) is 14.5 Å². The molecule has 10 heteroatoms. The summed E-state index contributed by atoms with van der Waals surface area (Å²) in [5, 5.41) is 12.4. The third-order valence-corrected chi connectivity index (χ3v) is 8.21. The molecule has 1 amide bonds. The fraction of sp³-hybridized carbons (Fsp3) is 0.233. The summed E-state index contributed by atoms with van der Waals surface area (Å²) >= 11 is 7.43. The van der Waals surface area contributed by atoms with Crippen molar-refractivity contribution in [3.8, 4) is 17.2 Å². The Morgan fingerprint density at radius 1 is 1.15 bits per heavy atom. The zero-order valence-corrected chi connectivity index (χ0v) is 23.5. The van der Waals surface area contributed by atoms with Crippen LogP contribution in [0.4, 0.5) is 5.13 Å². The number of aliphatic hydroxyl groups is 1. The molecule has 40 heavy (non-hydrogen) atoms. The summed E-state index contributed by atoms with van der Waals surface area (Å²) in [5.74, 6) is -0.172. The number of halogens is 1. The van der Waals surface area contributed by atoms with E-state index in [2.05, 4.69) is 4.98 Å². The molecule has 1 saturated heterocycles. The van der Waals surface area contributed by atoms with Gasteiger partial charge in [-0.25, -0.2) is 4.98 Å². The first-order valence-corrected chi connectivity index (χ1v) is 14.0. The van der Waals surface area contributed by atoms with Crippen LogP contribution in [0, 0.1) is 0 Å². The molecule has 2 unspecified atom stereocenters. The van der Waals surface area contributed by atoms with Crippen LogP contribution in [0.15, 0.2) is 60.2 Å². The van der Waals surface area contributed by atoms with Gasteiger partial charge < -0.3 is 19.3 Å². The molecule has 0 saturated carbocycles. The molecule has 1 fully saturated rings. The van der Waals surface area contributed by atoms with Crippen molar-refractivity contribution in [3.05, 3.63) is 81.9 Å². The second-order valence-corrected chi connectivity index (χ2v) is 11.0. The van der Waals surface area contributed by atoms with Gasteiger partial charge in [0.05, 0.1) is 35.5 Å². The zero-order chi connectivity index (χ0) is 28.1. The van der Waals surface area contributed by atoms with Crippen molar-refractivity contribution in [2.45, 2.75) is 32.4 Å². The molecule has 3 heterocycles. The summed E-state index contributed by atoms with van der Waals surface area (Å²) in [6, 6.07) is 14.7. The highest BCUT2D eigenvalue weighted by Gasteiger charge is 2.48. The molecule has 8 nitrogen and oxygen atoms in total. The third-order valence-electron chi connectivity index (χ3n) is 6.96. The number of carbonyl (C=O) groups is 2. The van der Waals surface area contributed by atoms with E-state index in [0.29, 0.717) is 51.3 Å². The summed E-state index contributed by atoms with van der Waals surface area (Å²) in [5.41, 5.74) is 2.50. The van der Waals surface area contributed by atoms with Gasteiger partial charge in [-0.15, -0.1) is 0 Å². The molecule has 2 aliphatic heterocycles. The van der Waals surface area contributed by atoms with Crippen LogP contribution in [0.3, 0.4) is 0 Å². The average Bonchev–Trinajstić information content (AvgIpc) is 3.60. The molecule has 0 spiro atoms. The van der Waals surface area contributed by atoms with E-state index in [4.69, 9.17) is 25.8 Å². The van der Waals surface area contributed by atoms with Crippen molar-refractivity contribution in [1.82, 2.24) is 4.98 Å². The zero-order valence-electron chi connectivity index (χ0n) is 21.9. The molecule has 1 N–H and O–H groups in total. The van der Waals surface area contributed by atoms with Crippen LogP contribution in [0.25, 0.3) is 16.0 Å². The number of amides is 1. The molecular weight excluding hydrogens is 552 g/mol.